The van der Waals surface area contributed by atoms with E-state index in [1.807, 2.05) is 11.6 Å². The number of amides is 2. The molecule has 36 heavy (non-hydrogen) atoms. The van der Waals surface area contributed by atoms with Gasteiger partial charge in [0.1, 0.15) is 4.90 Å². The number of carbonyl (C=O) groups is 2. The molecule has 1 saturated carbocycles. The first-order chi connectivity index (χ1) is 17.0. The summed E-state index contributed by atoms with van der Waals surface area (Å²) in [4.78, 5) is 25.3. The minimum absolute atomic E-state index is 0.0617. The smallest absolute Gasteiger partial charge is 0.395 e. The quantitative estimate of drug-likeness (QED) is 0.545. The zero-order chi connectivity index (χ0) is 25.5. The number of sulfonamides is 1. The van der Waals surface area contributed by atoms with E-state index in [2.05, 4.69) is 14.8 Å². The fourth-order valence-electron chi connectivity index (χ4n) is 4.62. The van der Waals surface area contributed by atoms with Crippen LogP contribution in [-0.2, 0) is 20.2 Å². The van der Waals surface area contributed by atoms with Crippen LogP contribution >= 0.6 is 0 Å². The molecule has 0 spiro atoms. The summed E-state index contributed by atoms with van der Waals surface area (Å²) in [5, 5.41) is 2.90. The van der Waals surface area contributed by atoms with Gasteiger partial charge >= 0.3 is 6.29 Å². The van der Waals surface area contributed by atoms with E-state index in [0.717, 1.165) is 5.56 Å². The standard InChI is InChI=1S/C25H18F2N2O6S/c1-13-2-5-16(12-17(13)14-3-7-21-18(10-14)22(30)29-36(21,32)33)28-23(31)24(8-9-24)15-4-6-19-20(11-15)35-25(26,27)34-19/h2-7,10-12H,8-9H2,1H3,(H,28,31)(H,29,30). The van der Waals surface area contributed by atoms with Crippen molar-refractivity contribution in [2.45, 2.75) is 36.4 Å². The van der Waals surface area contributed by atoms with Crippen molar-refractivity contribution in [3.63, 3.8) is 0 Å². The van der Waals surface area contributed by atoms with Gasteiger partial charge in [0.25, 0.3) is 15.9 Å². The van der Waals surface area contributed by atoms with Gasteiger partial charge in [-0.25, -0.2) is 13.1 Å². The summed E-state index contributed by atoms with van der Waals surface area (Å²) in [6.45, 7) is 1.86. The van der Waals surface area contributed by atoms with E-state index in [9.17, 15) is 26.8 Å². The van der Waals surface area contributed by atoms with Gasteiger partial charge in [-0.1, -0.05) is 18.2 Å². The number of fused-ring (bicyclic) bond motifs is 2. The molecule has 3 aliphatic rings. The Morgan fingerprint density at radius 3 is 2.47 bits per heavy atom. The second-order valence-corrected chi connectivity index (χ2v) is 10.7. The second-order valence-electron chi connectivity index (χ2n) is 9.04. The van der Waals surface area contributed by atoms with Crippen LogP contribution in [0.4, 0.5) is 14.5 Å². The van der Waals surface area contributed by atoms with Crippen molar-refractivity contribution in [3.8, 4) is 22.6 Å². The molecule has 3 aromatic carbocycles. The summed E-state index contributed by atoms with van der Waals surface area (Å²) in [5.41, 5.74) is 2.42. The van der Waals surface area contributed by atoms with Gasteiger partial charge in [0.2, 0.25) is 5.91 Å². The van der Waals surface area contributed by atoms with E-state index in [4.69, 9.17) is 0 Å². The highest BCUT2D eigenvalue weighted by atomic mass is 32.2. The number of alkyl halides is 2. The zero-order valence-electron chi connectivity index (χ0n) is 18.7. The van der Waals surface area contributed by atoms with Crippen LogP contribution in [0.2, 0.25) is 0 Å². The number of benzene rings is 3. The number of aryl methyl sites for hydroxylation is 1. The van der Waals surface area contributed by atoms with Crippen LogP contribution in [0.15, 0.2) is 59.5 Å². The van der Waals surface area contributed by atoms with Gasteiger partial charge in [0.15, 0.2) is 11.5 Å². The molecule has 184 valence electrons. The van der Waals surface area contributed by atoms with Gasteiger partial charge in [0.05, 0.1) is 11.0 Å². The monoisotopic (exact) mass is 512 g/mol. The molecule has 0 aromatic heterocycles. The molecule has 0 radical (unpaired) electrons. The number of halogens is 2. The second kappa shape index (κ2) is 7.26. The largest absolute Gasteiger partial charge is 0.586 e. The molecule has 11 heteroatoms. The Labute approximate surface area is 204 Å². The van der Waals surface area contributed by atoms with Crippen LogP contribution in [-0.4, -0.2) is 26.5 Å². The Hall–Kier alpha value is -3.99. The molecule has 2 aliphatic heterocycles. The molecular weight excluding hydrogens is 494 g/mol. The third-order valence-electron chi connectivity index (χ3n) is 6.69. The van der Waals surface area contributed by atoms with Crippen molar-refractivity contribution < 1.29 is 36.3 Å². The van der Waals surface area contributed by atoms with E-state index < -0.39 is 27.6 Å². The summed E-state index contributed by atoms with van der Waals surface area (Å²) < 4.78 is 61.8. The van der Waals surface area contributed by atoms with Crippen molar-refractivity contribution in [2.75, 3.05) is 5.32 Å². The number of nitrogens with one attached hydrogen (secondary N) is 2. The summed E-state index contributed by atoms with van der Waals surface area (Å²) in [7, 11) is -3.85. The number of hydrogen-bond acceptors (Lipinski definition) is 6. The molecule has 3 aromatic rings. The maximum Gasteiger partial charge on any atom is 0.586 e. The number of hydrogen-bond donors (Lipinski definition) is 2. The van der Waals surface area contributed by atoms with Crippen LogP contribution in [0.5, 0.6) is 11.5 Å². The molecule has 1 aliphatic carbocycles. The average molecular weight is 512 g/mol. The average Bonchev–Trinajstić information content (AvgIpc) is 3.51. The lowest BCUT2D eigenvalue weighted by Gasteiger charge is -2.17. The van der Waals surface area contributed by atoms with E-state index in [1.165, 1.54) is 24.3 Å². The van der Waals surface area contributed by atoms with Gasteiger partial charge in [-0.15, -0.1) is 8.78 Å². The van der Waals surface area contributed by atoms with Gasteiger partial charge in [-0.05, 0) is 78.4 Å². The fourth-order valence-corrected chi connectivity index (χ4v) is 5.77. The van der Waals surface area contributed by atoms with Crippen LogP contribution in [0.1, 0.15) is 34.3 Å². The number of rotatable bonds is 4. The van der Waals surface area contributed by atoms with Crippen LogP contribution < -0.4 is 19.5 Å². The number of carbonyl (C=O) groups excluding carboxylic acids is 2. The molecule has 2 N–H and O–H groups in total. The van der Waals surface area contributed by atoms with E-state index in [1.54, 1.807) is 30.3 Å². The van der Waals surface area contributed by atoms with Crippen molar-refractivity contribution in [2.24, 2.45) is 0 Å². The Balaban J connectivity index is 1.28. The maximum atomic E-state index is 13.4. The molecule has 0 atom stereocenters. The minimum Gasteiger partial charge on any atom is -0.395 e. The SMILES string of the molecule is Cc1ccc(NC(=O)C2(c3ccc4c(c3)OC(F)(F)O4)CC2)cc1-c1ccc2c(c1)C(=O)NS2(=O)=O. The van der Waals surface area contributed by atoms with Crippen molar-refractivity contribution in [1.29, 1.82) is 0 Å². The molecular formula is C25H18F2N2O6S. The zero-order valence-corrected chi connectivity index (χ0v) is 19.5. The normalized spacial score (nSPS) is 19.4. The van der Waals surface area contributed by atoms with Crippen molar-refractivity contribution in [1.82, 2.24) is 4.72 Å². The predicted octanol–water partition coefficient (Wildman–Crippen LogP) is 4.09. The highest BCUT2D eigenvalue weighted by Crippen LogP contribution is 2.52. The lowest BCUT2D eigenvalue weighted by Crippen LogP contribution is -2.28. The minimum atomic E-state index is -3.85. The lowest BCUT2D eigenvalue weighted by atomic mass is 9.94. The topological polar surface area (TPSA) is 111 Å². The Kier molecular flexibility index (Phi) is 4.53. The van der Waals surface area contributed by atoms with E-state index in [-0.39, 0.29) is 27.9 Å². The molecule has 1 fully saturated rings. The molecule has 0 saturated heterocycles. The van der Waals surface area contributed by atoms with Gasteiger partial charge in [-0.2, -0.15) is 0 Å². The number of anilines is 1. The van der Waals surface area contributed by atoms with Gasteiger partial charge in [-0.3, -0.25) is 9.59 Å². The molecule has 2 amide bonds. The summed E-state index contributed by atoms with van der Waals surface area (Å²) in [6, 6.07) is 14.1. The molecule has 0 bridgehead atoms. The summed E-state index contributed by atoms with van der Waals surface area (Å²) in [6.07, 6.45) is -2.65. The van der Waals surface area contributed by atoms with Gasteiger partial charge < -0.3 is 14.8 Å². The Bertz CT molecular complexity index is 1600. The Morgan fingerprint density at radius 2 is 1.72 bits per heavy atom. The van der Waals surface area contributed by atoms with Gasteiger partial charge in [0, 0.05) is 5.69 Å². The van der Waals surface area contributed by atoms with Crippen LogP contribution in [0, 0.1) is 6.92 Å². The third-order valence-corrected chi connectivity index (χ3v) is 8.07. The first kappa shape index (κ1) is 22.5. The highest BCUT2D eigenvalue weighted by Gasteiger charge is 2.52. The number of ether oxygens (including phenoxy) is 2. The fraction of sp³-hybridized carbons (Fsp3) is 0.200. The summed E-state index contributed by atoms with van der Waals surface area (Å²) >= 11 is 0. The van der Waals surface area contributed by atoms with Crippen molar-refractivity contribution in [3.05, 3.63) is 71.3 Å². The molecule has 6 rings (SSSR count). The highest BCUT2D eigenvalue weighted by molar-refractivity contribution is 7.90. The predicted molar refractivity (Wildman–Crippen MR) is 123 cm³/mol. The first-order valence-corrected chi connectivity index (χ1v) is 12.5. The Morgan fingerprint density at radius 1 is 0.972 bits per heavy atom. The lowest BCUT2D eigenvalue weighted by molar-refractivity contribution is -0.286. The molecule has 0 unspecified atom stereocenters. The molecule has 2 heterocycles. The van der Waals surface area contributed by atoms with Crippen molar-refractivity contribution >= 4 is 27.5 Å². The maximum absolute atomic E-state index is 13.4. The molecule has 8 nitrogen and oxygen atoms in total. The third kappa shape index (κ3) is 3.49. The first-order valence-electron chi connectivity index (χ1n) is 11.0. The summed E-state index contributed by atoms with van der Waals surface area (Å²) in [5.74, 6) is -1.18. The van der Waals surface area contributed by atoms with Crippen LogP contribution in [0.25, 0.3) is 11.1 Å². The van der Waals surface area contributed by atoms with Crippen LogP contribution in [0.3, 0.4) is 0 Å². The van der Waals surface area contributed by atoms with E-state index >= 15 is 0 Å². The van der Waals surface area contributed by atoms with E-state index in [0.29, 0.717) is 35.2 Å².